The van der Waals surface area contributed by atoms with Crippen LogP contribution >= 0.6 is 0 Å². The second kappa shape index (κ2) is 60.4. The van der Waals surface area contributed by atoms with Crippen LogP contribution in [0.4, 0.5) is 28.0 Å². The number of Topliss-reactive ketones (excluding diaryl/α,β-unsaturated/α-hetero) is 1. The molecule has 126 heavy (non-hydrogen) atoms. The molecular weight excluding hydrogens is 1590 g/mol. The number of carbonyl (C=O) groups excluding carboxylic acids is 3. The lowest BCUT2D eigenvalue weighted by atomic mass is 9.83. The van der Waals surface area contributed by atoms with Crippen LogP contribution in [0.2, 0.25) is 0 Å². The zero-order chi connectivity index (χ0) is 90.1. The molecule has 0 aromatic heterocycles. The number of hydrogen-bond acceptors (Lipinski definition) is 15. The second-order valence-electron chi connectivity index (χ2n) is 38.2. The summed E-state index contributed by atoms with van der Waals surface area (Å²) < 4.78 is 52.4. The normalized spacial score (nSPS) is 26.7. The number of anilines is 1. The van der Waals surface area contributed by atoms with Crippen LogP contribution in [-0.2, 0) is 30.5 Å². The van der Waals surface area contributed by atoms with Gasteiger partial charge in [0.15, 0.2) is 5.78 Å². The number of carbonyl (C=O) groups is 3. The fourth-order valence-electron chi connectivity index (χ4n) is 21.3. The van der Waals surface area contributed by atoms with Gasteiger partial charge in [0.25, 0.3) is 0 Å². The Morgan fingerprint density at radius 3 is 1.32 bits per heavy atom. The van der Waals surface area contributed by atoms with E-state index in [1.54, 1.807) is 73.8 Å². The predicted molar refractivity (Wildman–Crippen MR) is 511 cm³/mol. The number of ketones is 1. The van der Waals surface area contributed by atoms with Crippen LogP contribution in [-0.4, -0.2) is 199 Å². The van der Waals surface area contributed by atoms with E-state index >= 15 is 0 Å². The summed E-state index contributed by atoms with van der Waals surface area (Å²) in [5, 5.41) is 37.1. The third kappa shape index (κ3) is 39.6. The number of piperidine rings is 4. The van der Waals surface area contributed by atoms with Gasteiger partial charge in [0.1, 0.15) is 29.6 Å². The number of halogens is 4. The largest absolute Gasteiger partial charge is 0.396 e. The molecule has 0 spiro atoms. The van der Waals surface area contributed by atoms with Crippen molar-refractivity contribution in [3.63, 3.8) is 0 Å². The van der Waals surface area contributed by atoms with E-state index in [0.29, 0.717) is 77.5 Å². The topological polar surface area (TPSA) is 238 Å². The summed E-state index contributed by atoms with van der Waals surface area (Å²) in [5.74, 6) is 7.64. The minimum Gasteiger partial charge on any atom is -0.396 e. The molecule has 21 heteroatoms. The zero-order valence-electron chi connectivity index (χ0n) is 77.8. The third-order valence-corrected chi connectivity index (χ3v) is 28.8. The van der Waals surface area contributed by atoms with Crippen molar-refractivity contribution in [2.24, 2.45) is 75.6 Å². The highest BCUT2D eigenvalue weighted by molar-refractivity contribution is 5.96. The maximum absolute atomic E-state index is 13.3. The second-order valence-corrected chi connectivity index (χ2v) is 38.2. The Morgan fingerprint density at radius 2 is 0.865 bits per heavy atom. The molecule has 5 aromatic rings. The first-order chi connectivity index (χ1) is 61.3. The predicted octanol–water partition coefficient (Wildman–Crippen LogP) is 18.2. The lowest BCUT2D eigenvalue weighted by Gasteiger charge is -2.39. The number of aliphatic hydroxyl groups is 2. The molecule has 10 fully saturated rings. The van der Waals surface area contributed by atoms with Gasteiger partial charge in [-0.3, -0.25) is 4.79 Å². The van der Waals surface area contributed by atoms with E-state index < -0.39 is 0 Å². The maximum Gasteiger partial charge on any atom is 0.319 e. The summed E-state index contributed by atoms with van der Waals surface area (Å²) >= 11 is 0. The van der Waals surface area contributed by atoms with Gasteiger partial charge >= 0.3 is 6.03 Å². The molecule has 12 N–H and O–H groups in total. The van der Waals surface area contributed by atoms with Crippen LogP contribution in [0.25, 0.3) is 0 Å². The van der Waals surface area contributed by atoms with Gasteiger partial charge in [0, 0.05) is 106 Å². The smallest absolute Gasteiger partial charge is 0.319 e. The zero-order valence-corrected chi connectivity index (χ0v) is 77.8. The highest BCUT2D eigenvalue weighted by Crippen LogP contribution is 2.34. The first-order valence-electron chi connectivity index (χ1n) is 49.1. The monoisotopic (exact) mass is 1750 g/mol. The van der Waals surface area contributed by atoms with E-state index in [1.807, 2.05) is 50.5 Å². The van der Waals surface area contributed by atoms with Crippen molar-refractivity contribution in [1.29, 1.82) is 0 Å². The van der Waals surface area contributed by atoms with Crippen LogP contribution in [0.15, 0.2) is 133 Å². The Bertz CT molecular complexity index is 3820. The Morgan fingerprint density at radius 1 is 0.452 bits per heavy atom. The van der Waals surface area contributed by atoms with E-state index in [1.165, 1.54) is 236 Å². The Balaban J connectivity index is 0.000000190. The summed E-state index contributed by atoms with van der Waals surface area (Å²) in [4.78, 5) is 46.1. The minimum absolute atomic E-state index is 0.0179. The van der Waals surface area contributed by atoms with Crippen LogP contribution in [0.5, 0.6) is 0 Å². The number of likely N-dealkylation sites (tertiary alicyclic amines) is 3. The molecule has 4 heterocycles. The van der Waals surface area contributed by atoms with Gasteiger partial charge in [-0.1, -0.05) is 138 Å². The number of rotatable bonds is 23. The van der Waals surface area contributed by atoms with Crippen molar-refractivity contribution in [3.8, 4) is 0 Å². The molecule has 0 unspecified atom stereocenters. The van der Waals surface area contributed by atoms with Crippen LogP contribution < -0.4 is 43.4 Å². The van der Waals surface area contributed by atoms with Crippen molar-refractivity contribution in [3.05, 3.63) is 179 Å². The fraction of sp³-hybridized carbons (Fsp3) is 0.667. The number of urea groups is 1. The molecule has 6 saturated carbocycles. The van der Waals surface area contributed by atoms with Crippen molar-refractivity contribution in [2.45, 2.75) is 274 Å². The summed E-state index contributed by atoms with van der Waals surface area (Å²) in [6.45, 7) is 18.0. The van der Waals surface area contributed by atoms with E-state index in [-0.39, 0.29) is 59.7 Å². The number of aldehydes is 1. The molecule has 6 aliphatic carbocycles. The number of nitrogens with zero attached hydrogens (tertiary/aromatic N) is 4. The Kier molecular flexibility index (Phi) is 50.2. The van der Waals surface area contributed by atoms with E-state index in [0.717, 1.165) is 132 Å². The number of hydrogen-bond donors (Lipinski definition) is 10. The molecular formula is C105H164F4N12O5. The van der Waals surface area contributed by atoms with Crippen molar-refractivity contribution < 1.29 is 42.2 Å². The highest BCUT2D eigenvalue weighted by Gasteiger charge is 2.34. The Hall–Kier alpha value is -6.56. The first-order valence-corrected chi connectivity index (χ1v) is 49.1. The number of nitrogens with two attached hydrogens (primary N) is 2. The SMILES string of the molecule is C=C=NC.CC(=O)c1cccc(NC(=O)N[C@@H]2CCCC[C@H]2CN2CCC[C@@H](Cc3ccc(F)cc3)C2)c1.CN[C@@H]1CCCC[C@H]1C=O.CN[C@@H]1CCCC[C@H]1CN1CCC(Cc2cccc(F)c2)CC1.CN[C@@H]1CCCC[C@H]1CO.Fc1cccc(CC2CCNCC2)c1.N[C@@H]1CCCC[C@H]1CN1CCC[C@@H](Cc2ccc(F)cc2)C1.N[C@@H]1CCCC[C@H]1CO. The number of amides is 2. The van der Waals surface area contributed by atoms with Crippen molar-refractivity contribution >= 4 is 29.7 Å². The highest BCUT2D eigenvalue weighted by atomic mass is 19.1. The summed E-state index contributed by atoms with van der Waals surface area (Å²) in [6, 6.07) is 37.5. The van der Waals surface area contributed by atoms with Gasteiger partial charge in [-0.25, -0.2) is 27.3 Å². The third-order valence-electron chi connectivity index (χ3n) is 28.8. The molecule has 2 amide bonds. The number of aliphatic hydroxyl groups excluding tert-OH is 2. The molecule has 5 aromatic carbocycles. The molecule has 4 saturated heterocycles. The van der Waals surface area contributed by atoms with E-state index in [9.17, 15) is 31.9 Å². The van der Waals surface area contributed by atoms with Crippen LogP contribution in [0, 0.1) is 82.4 Å². The van der Waals surface area contributed by atoms with E-state index in [4.69, 9.17) is 21.7 Å². The average molecular weight is 1750 g/mol. The molecule has 17 nitrogen and oxygen atoms in total. The number of nitrogens with one attached hydrogen (secondary N) is 6. The summed E-state index contributed by atoms with van der Waals surface area (Å²) in [6.07, 6.45) is 44.8. The van der Waals surface area contributed by atoms with E-state index in [2.05, 4.69) is 77.2 Å². The lowest BCUT2D eigenvalue weighted by Crippen LogP contribution is -2.49. The molecule has 14 atom stereocenters. The number of aliphatic imine (C=N–C) groups is 1. The molecule has 15 rings (SSSR count). The quantitative estimate of drug-likeness (QED) is 0.0127. The summed E-state index contributed by atoms with van der Waals surface area (Å²) in [7, 11) is 7.67. The van der Waals surface area contributed by atoms with Gasteiger partial charge in [0.05, 0.1) is 0 Å². The molecule has 702 valence electrons. The van der Waals surface area contributed by atoms with Gasteiger partial charge in [-0.2, -0.15) is 0 Å². The molecule has 10 aliphatic rings. The average Bonchev–Trinajstić information content (AvgIpc) is 0.856. The van der Waals surface area contributed by atoms with Gasteiger partial charge < -0.3 is 73.1 Å². The summed E-state index contributed by atoms with van der Waals surface area (Å²) in [5.41, 5.74) is 18.0. The van der Waals surface area contributed by atoms with Gasteiger partial charge in [-0.05, 0) is 370 Å². The maximum atomic E-state index is 13.3. The van der Waals surface area contributed by atoms with Crippen LogP contribution in [0.3, 0.4) is 0 Å². The molecule has 0 bridgehead atoms. The molecule has 0 radical (unpaired) electrons. The van der Waals surface area contributed by atoms with Gasteiger partial charge in [-0.15, -0.1) is 0 Å². The van der Waals surface area contributed by atoms with Crippen molar-refractivity contribution in [1.82, 2.24) is 41.3 Å². The number of benzene rings is 5. The standard InChI is InChI=1S/C28H36FN3O2.C20H31FN2.C19H29FN2.C12H16FN.C8H17NO.C8H15NO.C7H15NO.C3H5N/c1-20(33)23-8-4-9-26(17-23)30-28(34)31-27-10-3-2-7-24(27)19-32-15-5-6-22(18-32)16-21-11-13-25(29)14-12-21;1-22-20-8-3-2-6-18(20)15-23-11-9-16(10-12-23)13-17-5-4-7-19(21)14-17;20-18-9-7-15(8-10-18)12-16-4-3-11-22(13-16)14-17-5-1-2-6-19(17)21;13-12-3-1-2-11(9-12)8-10-4-6-14-7-5-10;2*1-9-8-5-3-2-4-7(8)6-10;8-7-4-2-1-3-6(7)5-9;1-3-4-2/h4,8-9,11-14,17,22,24,27H,2-3,5-7,10,15-16,18-19H2,1H3,(H2,30,31,34);4-5,7,14,16,18,20,22H,2-3,6,8-13,15H2,1H3;7-10,16-17,19H,1-6,11-14,21H2;1-3,9-10,14H,4-8H2;7-10H,2-6H2,1H3;6-9H,2-5H2,1H3;6-7,9H,1-5,8H2;1H2,2H3/t22-,24-,27+;18-,20+;16-,17-,19+;;2*7-,8+;6-,7+;/m000.000./s1. The molecule has 4 aliphatic heterocycles. The van der Waals surface area contributed by atoms with Crippen LogP contribution in [0.1, 0.15) is 245 Å². The van der Waals surface area contributed by atoms with Gasteiger partial charge in [0.2, 0.25) is 0 Å². The Labute approximate surface area is 756 Å². The lowest BCUT2D eigenvalue weighted by molar-refractivity contribution is -0.112. The fourth-order valence-corrected chi connectivity index (χ4v) is 21.3. The minimum atomic E-state index is -0.203. The van der Waals surface area contributed by atoms with Crippen molar-refractivity contribution in [2.75, 3.05) is 119 Å². The first kappa shape index (κ1) is 105.